The molecule has 1 heterocycles. The number of para-hydroxylation sites is 1. The van der Waals surface area contributed by atoms with E-state index in [1.807, 2.05) is 12.1 Å². The highest BCUT2D eigenvalue weighted by Gasteiger charge is 2.31. The monoisotopic (exact) mass is 256 g/mol. The van der Waals surface area contributed by atoms with E-state index < -0.39 is 16.3 Å². The summed E-state index contributed by atoms with van der Waals surface area (Å²) in [6.45, 7) is 0.0685. The van der Waals surface area contributed by atoms with Gasteiger partial charge in [-0.3, -0.25) is 4.72 Å². The third-order valence-electron chi connectivity index (χ3n) is 2.51. The predicted octanol–water partition coefficient (Wildman–Crippen LogP) is 0.968. The van der Waals surface area contributed by atoms with Gasteiger partial charge in [0.15, 0.2) is 0 Å². The molecule has 0 radical (unpaired) electrons. The van der Waals surface area contributed by atoms with Gasteiger partial charge in [0.05, 0.1) is 12.8 Å². The van der Waals surface area contributed by atoms with Crippen LogP contribution in [0.2, 0.25) is 0 Å². The SMILES string of the molecule is COC(=O)N1CCc2ccccc2NS1(=O)=O. The van der Waals surface area contributed by atoms with E-state index >= 15 is 0 Å². The lowest BCUT2D eigenvalue weighted by atomic mass is 10.1. The summed E-state index contributed by atoms with van der Waals surface area (Å²) in [6, 6.07) is 7.03. The largest absolute Gasteiger partial charge is 0.452 e. The van der Waals surface area contributed by atoms with Crippen molar-refractivity contribution in [1.82, 2.24) is 4.31 Å². The normalized spacial score (nSPS) is 17.6. The van der Waals surface area contributed by atoms with E-state index in [0.717, 1.165) is 12.7 Å². The molecular formula is C10H12N2O4S. The zero-order valence-corrected chi connectivity index (χ0v) is 10.0. The molecule has 0 aromatic heterocycles. The molecule has 1 aliphatic heterocycles. The summed E-state index contributed by atoms with van der Waals surface area (Å²) in [7, 11) is -2.73. The molecule has 1 aliphatic rings. The number of rotatable bonds is 0. The Bertz CT molecular complexity index is 541. The lowest BCUT2D eigenvalue weighted by molar-refractivity contribution is 0.149. The van der Waals surface area contributed by atoms with Crippen molar-refractivity contribution in [2.24, 2.45) is 0 Å². The molecule has 0 saturated heterocycles. The van der Waals surface area contributed by atoms with Crippen molar-refractivity contribution in [1.29, 1.82) is 0 Å². The van der Waals surface area contributed by atoms with Crippen LogP contribution in [0.25, 0.3) is 0 Å². The summed E-state index contributed by atoms with van der Waals surface area (Å²) in [4.78, 5) is 11.4. The van der Waals surface area contributed by atoms with Crippen molar-refractivity contribution in [3.8, 4) is 0 Å². The lowest BCUT2D eigenvalue weighted by Gasteiger charge is -2.18. The first-order chi connectivity index (χ1) is 8.04. The molecular weight excluding hydrogens is 244 g/mol. The highest BCUT2D eigenvalue weighted by atomic mass is 32.2. The van der Waals surface area contributed by atoms with Gasteiger partial charge in [-0.15, -0.1) is 0 Å². The number of hydrogen-bond acceptors (Lipinski definition) is 4. The van der Waals surface area contributed by atoms with E-state index in [4.69, 9.17) is 0 Å². The van der Waals surface area contributed by atoms with Crippen LogP contribution < -0.4 is 4.72 Å². The second kappa shape index (κ2) is 4.25. The van der Waals surface area contributed by atoms with Crippen LogP contribution >= 0.6 is 0 Å². The van der Waals surface area contributed by atoms with Crippen LogP contribution in [0, 0.1) is 0 Å². The standard InChI is InChI=1S/C10H12N2O4S/c1-16-10(13)12-7-6-8-4-2-3-5-9(8)11-17(12,14)15/h2-5,11H,6-7H2,1H3. The Morgan fingerprint density at radius 2 is 2.12 bits per heavy atom. The molecule has 17 heavy (non-hydrogen) atoms. The number of anilines is 1. The first-order valence-corrected chi connectivity index (χ1v) is 6.45. The van der Waals surface area contributed by atoms with Crippen molar-refractivity contribution in [2.75, 3.05) is 18.4 Å². The van der Waals surface area contributed by atoms with Gasteiger partial charge in [-0.05, 0) is 18.1 Å². The van der Waals surface area contributed by atoms with Gasteiger partial charge in [-0.1, -0.05) is 18.2 Å². The third kappa shape index (κ3) is 2.19. The molecule has 0 saturated carbocycles. The summed E-state index contributed by atoms with van der Waals surface area (Å²) in [5.74, 6) is 0. The Kier molecular flexibility index (Phi) is 2.93. The smallest absolute Gasteiger partial charge is 0.424 e. The first kappa shape index (κ1) is 11.7. The van der Waals surface area contributed by atoms with Crippen molar-refractivity contribution < 1.29 is 17.9 Å². The minimum atomic E-state index is -3.88. The number of amides is 1. The molecule has 6 nitrogen and oxygen atoms in total. The number of nitrogens with one attached hydrogen (secondary N) is 1. The zero-order valence-electron chi connectivity index (χ0n) is 9.21. The molecule has 0 unspecified atom stereocenters. The average Bonchev–Trinajstić information content (AvgIpc) is 2.43. The molecule has 0 aliphatic carbocycles. The van der Waals surface area contributed by atoms with Gasteiger partial charge in [0.2, 0.25) is 0 Å². The topological polar surface area (TPSA) is 75.7 Å². The summed E-state index contributed by atoms with van der Waals surface area (Å²) < 4.78 is 31.3. The highest BCUT2D eigenvalue weighted by Crippen LogP contribution is 2.22. The second-order valence-corrected chi connectivity index (χ2v) is 5.15. The fraction of sp³-hybridized carbons (Fsp3) is 0.300. The molecule has 7 heteroatoms. The number of nitrogens with zero attached hydrogens (tertiary/aromatic N) is 1. The number of carbonyl (C=O) groups is 1. The maximum absolute atomic E-state index is 11.9. The minimum absolute atomic E-state index is 0.0685. The first-order valence-electron chi connectivity index (χ1n) is 5.01. The van der Waals surface area contributed by atoms with E-state index in [-0.39, 0.29) is 6.54 Å². The molecule has 1 amide bonds. The summed E-state index contributed by atoms with van der Waals surface area (Å²) >= 11 is 0. The van der Waals surface area contributed by atoms with Gasteiger partial charge >= 0.3 is 16.3 Å². The van der Waals surface area contributed by atoms with Crippen molar-refractivity contribution in [3.63, 3.8) is 0 Å². The van der Waals surface area contributed by atoms with Gasteiger partial charge in [-0.25, -0.2) is 4.79 Å². The van der Waals surface area contributed by atoms with Gasteiger partial charge in [0, 0.05) is 6.54 Å². The summed E-state index contributed by atoms with van der Waals surface area (Å²) in [6.07, 6.45) is -0.428. The van der Waals surface area contributed by atoms with Crippen molar-refractivity contribution in [2.45, 2.75) is 6.42 Å². The number of carbonyl (C=O) groups excluding carboxylic acids is 1. The molecule has 1 aromatic rings. The minimum Gasteiger partial charge on any atom is -0.452 e. The Morgan fingerprint density at radius 3 is 2.82 bits per heavy atom. The highest BCUT2D eigenvalue weighted by molar-refractivity contribution is 7.90. The van der Waals surface area contributed by atoms with Crippen LogP contribution in [0.5, 0.6) is 0 Å². The molecule has 0 bridgehead atoms. The molecule has 1 N–H and O–H groups in total. The van der Waals surface area contributed by atoms with E-state index in [0.29, 0.717) is 16.4 Å². The van der Waals surface area contributed by atoms with Crippen LogP contribution in [0.3, 0.4) is 0 Å². The van der Waals surface area contributed by atoms with Gasteiger partial charge < -0.3 is 4.74 Å². The van der Waals surface area contributed by atoms with Crippen LogP contribution in [-0.2, 0) is 21.4 Å². The second-order valence-electron chi connectivity index (χ2n) is 3.56. The molecule has 0 spiro atoms. The predicted molar refractivity (Wildman–Crippen MR) is 61.8 cm³/mol. The van der Waals surface area contributed by atoms with E-state index in [1.54, 1.807) is 12.1 Å². The molecule has 92 valence electrons. The van der Waals surface area contributed by atoms with Gasteiger partial charge in [-0.2, -0.15) is 12.7 Å². The maximum atomic E-state index is 11.9. The molecule has 0 atom stereocenters. The Hall–Kier alpha value is -1.76. The third-order valence-corrected chi connectivity index (χ3v) is 3.90. The Morgan fingerprint density at radius 1 is 1.41 bits per heavy atom. The van der Waals surface area contributed by atoms with Crippen LogP contribution in [-0.4, -0.2) is 32.5 Å². The van der Waals surface area contributed by atoms with Crippen LogP contribution in [0.4, 0.5) is 10.5 Å². The van der Waals surface area contributed by atoms with E-state index in [2.05, 4.69) is 9.46 Å². The maximum Gasteiger partial charge on any atom is 0.424 e. The van der Waals surface area contributed by atoms with Crippen molar-refractivity contribution in [3.05, 3.63) is 29.8 Å². The quantitative estimate of drug-likeness (QED) is 0.750. The lowest BCUT2D eigenvalue weighted by Crippen LogP contribution is -2.40. The number of hydrogen-bond donors (Lipinski definition) is 1. The number of ether oxygens (including phenoxy) is 1. The summed E-state index contributed by atoms with van der Waals surface area (Å²) in [5, 5.41) is 0. The van der Waals surface area contributed by atoms with Crippen molar-refractivity contribution >= 4 is 22.0 Å². The average molecular weight is 256 g/mol. The van der Waals surface area contributed by atoms with Gasteiger partial charge in [0.25, 0.3) is 0 Å². The zero-order chi connectivity index (χ0) is 12.5. The fourth-order valence-electron chi connectivity index (χ4n) is 1.67. The van der Waals surface area contributed by atoms with Gasteiger partial charge in [0.1, 0.15) is 0 Å². The molecule has 2 rings (SSSR count). The van der Waals surface area contributed by atoms with E-state index in [9.17, 15) is 13.2 Å². The number of fused-ring (bicyclic) bond motifs is 1. The van der Waals surface area contributed by atoms with Crippen LogP contribution in [0.1, 0.15) is 5.56 Å². The number of benzene rings is 1. The Balaban J connectivity index is 2.39. The molecule has 1 aromatic carbocycles. The summed E-state index contributed by atoms with van der Waals surface area (Å²) in [5.41, 5.74) is 1.35. The van der Waals surface area contributed by atoms with E-state index in [1.165, 1.54) is 0 Å². The Labute approximate surface area is 99.4 Å². The molecule has 0 fully saturated rings. The number of methoxy groups -OCH3 is 1. The fourth-order valence-corrected chi connectivity index (χ4v) is 2.86. The van der Waals surface area contributed by atoms with Crippen LogP contribution in [0.15, 0.2) is 24.3 Å².